The van der Waals surface area contributed by atoms with Crippen molar-refractivity contribution in [1.82, 2.24) is 14.8 Å². The third-order valence-electron chi connectivity index (χ3n) is 5.20. The number of carbonyl (C=O) groups is 1. The molecule has 2 aliphatic heterocycles. The van der Waals surface area contributed by atoms with Crippen molar-refractivity contribution in [3.05, 3.63) is 10.6 Å². The van der Waals surface area contributed by atoms with Gasteiger partial charge in [0.1, 0.15) is 0 Å². The molecule has 2 aliphatic rings. The highest BCUT2D eigenvalue weighted by Gasteiger charge is 2.40. The zero-order valence-corrected chi connectivity index (χ0v) is 16.4. The average molecular weight is 367 g/mol. The molecular weight excluding hydrogens is 336 g/mol. The Labute approximate surface area is 154 Å². The molecular formula is C18H30N4O2S. The van der Waals surface area contributed by atoms with E-state index in [0.717, 1.165) is 62.7 Å². The van der Waals surface area contributed by atoms with Gasteiger partial charge in [-0.3, -0.25) is 9.69 Å². The van der Waals surface area contributed by atoms with Gasteiger partial charge in [-0.25, -0.2) is 4.98 Å². The zero-order chi connectivity index (χ0) is 18.0. The van der Waals surface area contributed by atoms with Gasteiger partial charge in [0.05, 0.1) is 24.3 Å². The first-order chi connectivity index (χ1) is 11.9. The first kappa shape index (κ1) is 18.6. The summed E-state index contributed by atoms with van der Waals surface area (Å²) in [5.41, 5.74) is 6.55. The number of nitrogens with two attached hydrogens (primary N) is 1. The first-order valence-corrected chi connectivity index (χ1v) is 10.0. The summed E-state index contributed by atoms with van der Waals surface area (Å²) in [5, 5.41) is 0.541. The third-order valence-corrected chi connectivity index (χ3v) is 6.19. The Morgan fingerprint density at radius 3 is 2.68 bits per heavy atom. The van der Waals surface area contributed by atoms with Crippen molar-refractivity contribution < 1.29 is 9.53 Å². The fourth-order valence-electron chi connectivity index (χ4n) is 3.93. The van der Waals surface area contributed by atoms with Crippen LogP contribution in [0.1, 0.15) is 37.3 Å². The average Bonchev–Trinajstić information content (AvgIpc) is 2.85. The van der Waals surface area contributed by atoms with Gasteiger partial charge < -0.3 is 15.4 Å². The van der Waals surface area contributed by atoms with E-state index >= 15 is 0 Å². The summed E-state index contributed by atoms with van der Waals surface area (Å²) < 4.78 is 6.18. The van der Waals surface area contributed by atoms with Crippen molar-refractivity contribution in [2.24, 2.45) is 5.92 Å². The number of piperidine rings is 1. The number of hydrogen-bond donors (Lipinski definition) is 1. The monoisotopic (exact) mass is 366 g/mol. The second kappa shape index (κ2) is 7.60. The molecule has 1 amide bonds. The van der Waals surface area contributed by atoms with Crippen LogP contribution in [0.4, 0.5) is 5.13 Å². The van der Waals surface area contributed by atoms with E-state index in [9.17, 15) is 4.79 Å². The predicted molar refractivity (Wildman–Crippen MR) is 101 cm³/mol. The molecule has 0 unspecified atom stereocenters. The minimum Gasteiger partial charge on any atom is -0.375 e. The molecule has 6 nitrogen and oxygen atoms in total. The van der Waals surface area contributed by atoms with Crippen LogP contribution in [0.3, 0.4) is 0 Å². The first-order valence-electron chi connectivity index (χ1n) is 9.23. The Morgan fingerprint density at radius 2 is 2.08 bits per heavy atom. The number of hydrogen-bond acceptors (Lipinski definition) is 6. The number of carbonyl (C=O) groups excluding carboxylic acids is 1. The number of rotatable bonds is 4. The van der Waals surface area contributed by atoms with Crippen LogP contribution >= 0.6 is 11.3 Å². The van der Waals surface area contributed by atoms with Crippen LogP contribution in [0.25, 0.3) is 0 Å². The van der Waals surface area contributed by atoms with Crippen LogP contribution in [0.5, 0.6) is 0 Å². The van der Waals surface area contributed by atoms with Crippen LogP contribution in [-0.4, -0.2) is 65.6 Å². The molecule has 7 heteroatoms. The maximum atomic E-state index is 12.6. The highest BCUT2D eigenvalue weighted by molar-refractivity contribution is 7.15. The van der Waals surface area contributed by atoms with Crippen LogP contribution in [0.2, 0.25) is 0 Å². The Kier molecular flexibility index (Phi) is 5.65. The van der Waals surface area contributed by atoms with Gasteiger partial charge in [-0.2, -0.15) is 0 Å². The molecule has 1 spiro atoms. The molecule has 0 radical (unpaired) electrons. The largest absolute Gasteiger partial charge is 0.375 e. The zero-order valence-electron chi connectivity index (χ0n) is 15.6. The SMILES string of the molecule is Cc1nc(N)sc1CC(=O)N1CCC2(CC1)CN(CC(C)C)CCO2. The van der Waals surface area contributed by atoms with Crippen LogP contribution in [0.15, 0.2) is 0 Å². The number of morpholine rings is 1. The number of thiazole rings is 1. The number of ether oxygens (including phenoxy) is 1. The Hall–Kier alpha value is -1.18. The molecule has 2 fully saturated rings. The minimum atomic E-state index is -0.0608. The standard InChI is InChI=1S/C18H30N4O2S/c1-13(2)11-21-8-9-24-18(12-21)4-6-22(7-5-18)16(23)10-15-14(3)20-17(19)25-15/h13H,4-12H2,1-3H3,(H2,19,20). The molecule has 3 rings (SSSR count). The molecule has 0 aromatic carbocycles. The number of nitrogen functional groups attached to an aromatic ring is 1. The minimum absolute atomic E-state index is 0.0608. The number of nitrogens with zero attached hydrogens (tertiary/aromatic N) is 3. The van der Waals surface area contributed by atoms with Gasteiger partial charge >= 0.3 is 0 Å². The summed E-state index contributed by atoms with van der Waals surface area (Å²) >= 11 is 1.42. The molecule has 2 saturated heterocycles. The van der Waals surface area contributed by atoms with E-state index in [0.29, 0.717) is 17.5 Å². The second-order valence-electron chi connectivity index (χ2n) is 7.78. The number of amides is 1. The summed E-state index contributed by atoms with van der Waals surface area (Å²) in [6.45, 7) is 11.9. The van der Waals surface area contributed by atoms with Gasteiger partial charge in [0.25, 0.3) is 0 Å². The fourth-order valence-corrected chi connectivity index (χ4v) is 4.75. The number of anilines is 1. The quantitative estimate of drug-likeness (QED) is 0.881. The molecule has 0 atom stereocenters. The maximum absolute atomic E-state index is 12.6. The summed E-state index contributed by atoms with van der Waals surface area (Å²) in [5.74, 6) is 0.850. The molecule has 1 aromatic heterocycles. The maximum Gasteiger partial charge on any atom is 0.227 e. The molecule has 0 bridgehead atoms. The summed E-state index contributed by atoms with van der Waals surface area (Å²) in [6.07, 6.45) is 2.27. The lowest BCUT2D eigenvalue weighted by Gasteiger charge is -2.47. The van der Waals surface area contributed by atoms with Gasteiger partial charge in [-0.05, 0) is 25.7 Å². The van der Waals surface area contributed by atoms with E-state index in [2.05, 4.69) is 23.7 Å². The van der Waals surface area contributed by atoms with Gasteiger partial charge in [0.15, 0.2) is 5.13 Å². The normalized spacial score (nSPS) is 21.2. The molecule has 0 saturated carbocycles. The molecule has 140 valence electrons. The van der Waals surface area contributed by atoms with Crippen molar-refractivity contribution in [1.29, 1.82) is 0 Å². The van der Waals surface area contributed by atoms with E-state index < -0.39 is 0 Å². The van der Waals surface area contributed by atoms with E-state index in [-0.39, 0.29) is 11.5 Å². The van der Waals surface area contributed by atoms with Gasteiger partial charge in [-0.15, -0.1) is 11.3 Å². The molecule has 0 aliphatic carbocycles. The summed E-state index contributed by atoms with van der Waals surface area (Å²) in [7, 11) is 0. The van der Waals surface area contributed by atoms with Crippen LogP contribution < -0.4 is 5.73 Å². The van der Waals surface area contributed by atoms with E-state index in [1.54, 1.807) is 0 Å². The smallest absolute Gasteiger partial charge is 0.227 e. The second-order valence-corrected chi connectivity index (χ2v) is 8.89. The van der Waals surface area contributed by atoms with E-state index in [4.69, 9.17) is 10.5 Å². The van der Waals surface area contributed by atoms with Crippen LogP contribution in [0, 0.1) is 12.8 Å². The molecule has 3 heterocycles. The lowest BCUT2D eigenvalue weighted by Crippen LogP contribution is -2.58. The van der Waals surface area contributed by atoms with Gasteiger partial charge in [0, 0.05) is 37.6 Å². The highest BCUT2D eigenvalue weighted by Crippen LogP contribution is 2.31. The molecule has 1 aromatic rings. The fraction of sp³-hybridized carbons (Fsp3) is 0.778. The van der Waals surface area contributed by atoms with Crippen molar-refractivity contribution >= 4 is 22.4 Å². The molecule has 25 heavy (non-hydrogen) atoms. The predicted octanol–water partition coefficient (Wildman–Crippen LogP) is 1.93. The van der Waals surface area contributed by atoms with Crippen molar-refractivity contribution in [2.75, 3.05) is 45.1 Å². The van der Waals surface area contributed by atoms with E-state index in [1.807, 2.05) is 11.8 Å². The van der Waals surface area contributed by atoms with Crippen LogP contribution in [-0.2, 0) is 16.0 Å². The summed E-state index contributed by atoms with van der Waals surface area (Å²) in [6, 6.07) is 0. The lowest BCUT2D eigenvalue weighted by molar-refractivity contribution is -0.150. The Morgan fingerprint density at radius 1 is 1.36 bits per heavy atom. The Bertz CT molecular complexity index is 608. The highest BCUT2D eigenvalue weighted by atomic mass is 32.1. The van der Waals surface area contributed by atoms with Crippen molar-refractivity contribution in [3.63, 3.8) is 0 Å². The lowest BCUT2D eigenvalue weighted by atomic mass is 9.89. The molecule has 2 N–H and O–H groups in total. The van der Waals surface area contributed by atoms with Crippen molar-refractivity contribution in [3.8, 4) is 0 Å². The van der Waals surface area contributed by atoms with Gasteiger partial charge in [-0.1, -0.05) is 13.8 Å². The third kappa shape index (κ3) is 4.51. The van der Waals surface area contributed by atoms with Gasteiger partial charge in [0.2, 0.25) is 5.91 Å². The Balaban J connectivity index is 1.54. The summed E-state index contributed by atoms with van der Waals surface area (Å²) in [4.78, 5) is 22.3. The number of aromatic nitrogens is 1. The number of likely N-dealkylation sites (tertiary alicyclic amines) is 1. The van der Waals surface area contributed by atoms with E-state index in [1.165, 1.54) is 11.3 Å². The van der Waals surface area contributed by atoms with Crippen molar-refractivity contribution in [2.45, 2.75) is 45.6 Å². The number of aryl methyl sites for hydroxylation is 1. The topological polar surface area (TPSA) is 71.7 Å².